The lowest BCUT2D eigenvalue weighted by molar-refractivity contribution is -0.137. The summed E-state index contributed by atoms with van der Waals surface area (Å²) in [4.78, 5) is 14.0. The highest BCUT2D eigenvalue weighted by Crippen LogP contribution is 2.15. The van der Waals surface area contributed by atoms with Crippen molar-refractivity contribution in [3.05, 3.63) is 0 Å². The minimum Gasteiger partial charge on any atom is -0.380 e. The van der Waals surface area contributed by atoms with Crippen molar-refractivity contribution in [2.24, 2.45) is 11.7 Å². The fourth-order valence-corrected chi connectivity index (χ4v) is 2.04. The third kappa shape index (κ3) is 3.19. The van der Waals surface area contributed by atoms with E-state index in [1.165, 1.54) is 0 Å². The Hall–Kier alpha value is -0.610. The molecule has 0 aromatic carbocycles. The Bertz CT molecular complexity index is 233. The summed E-state index contributed by atoms with van der Waals surface area (Å²) in [5, 5.41) is 0. The zero-order chi connectivity index (χ0) is 12.1. The second kappa shape index (κ2) is 6.21. The van der Waals surface area contributed by atoms with Crippen molar-refractivity contribution in [1.29, 1.82) is 0 Å². The van der Waals surface area contributed by atoms with Gasteiger partial charge >= 0.3 is 0 Å². The molecule has 0 spiro atoms. The minimum atomic E-state index is -0.361. The lowest BCUT2D eigenvalue weighted by atomic mass is 9.97. The van der Waals surface area contributed by atoms with Crippen LogP contribution in [0.2, 0.25) is 0 Å². The zero-order valence-electron chi connectivity index (χ0n) is 10.6. The fourth-order valence-electron chi connectivity index (χ4n) is 2.04. The van der Waals surface area contributed by atoms with Gasteiger partial charge in [0, 0.05) is 20.2 Å². The number of piperidine rings is 1. The molecule has 1 aliphatic heterocycles. The predicted octanol–water partition coefficient (Wildman–Crippen LogP) is 0.997. The molecule has 1 amide bonds. The van der Waals surface area contributed by atoms with Gasteiger partial charge in [-0.15, -0.1) is 0 Å². The number of amides is 1. The van der Waals surface area contributed by atoms with Crippen LogP contribution in [0, 0.1) is 5.92 Å². The van der Waals surface area contributed by atoms with Crippen LogP contribution in [0.25, 0.3) is 0 Å². The number of carbonyl (C=O) groups excluding carboxylic acids is 1. The van der Waals surface area contributed by atoms with E-state index in [9.17, 15) is 4.79 Å². The summed E-state index contributed by atoms with van der Waals surface area (Å²) in [5.74, 6) is 0.325. The van der Waals surface area contributed by atoms with Gasteiger partial charge in [0.1, 0.15) is 0 Å². The summed E-state index contributed by atoms with van der Waals surface area (Å²) in [7, 11) is 1.70. The van der Waals surface area contributed by atoms with Crippen LogP contribution in [0.4, 0.5) is 0 Å². The first-order valence-electron chi connectivity index (χ1n) is 6.17. The molecular formula is C12H24N2O2. The molecule has 3 atom stereocenters. The van der Waals surface area contributed by atoms with E-state index in [4.69, 9.17) is 10.5 Å². The van der Waals surface area contributed by atoms with Gasteiger partial charge in [-0.1, -0.05) is 20.3 Å². The standard InChI is InChI=1S/C12H24N2O2/c1-4-9(2)11(13)12(15)14-7-5-6-10(8-14)16-3/h9-11H,4-8,13H2,1-3H3. The Morgan fingerprint density at radius 1 is 1.62 bits per heavy atom. The average Bonchev–Trinajstić information content (AvgIpc) is 2.36. The van der Waals surface area contributed by atoms with E-state index in [1.54, 1.807) is 7.11 Å². The number of nitrogens with two attached hydrogens (primary N) is 1. The lowest BCUT2D eigenvalue weighted by Crippen LogP contribution is -2.51. The number of nitrogens with zero attached hydrogens (tertiary/aromatic N) is 1. The molecule has 0 saturated carbocycles. The van der Waals surface area contributed by atoms with Crippen LogP contribution in [-0.2, 0) is 9.53 Å². The van der Waals surface area contributed by atoms with E-state index in [0.717, 1.165) is 25.8 Å². The van der Waals surface area contributed by atoms with Gasteiger partial charge < -0.3 is 15.4 Å². The van der Waals surface area contributed by atoms with Crippen LogP contribution in [0.1, 0.15) is 33.1 Å². The van der Waals surface area contributed by atoms with Crippen molar-refractivity contribution in [3.63, 3.8) is 0 Å². The average molecular weight is 228 g/mol. The summed E-state index contributed by atoms with van der Waals surface area (Å²) >= 11 is 0. The Kier molecular flexibility index (Phi) is 5.22. The second-order valence-corrected chi connectivity index (χ2v) is 4.70. The molecule has 3 unspecified atom stereocenters. The molecule has 0 bridgehead atoms. The summed E-state index contributed by atoms with van der Waals surface area (Å²) in [6.45, 7) is 5.61. The number of carbonyl (C=O) groups is 1. The fraction of sp³-hybridized carbons (Fsp3) is 0.917. The van der Waals surface area contributed by atoms with Gasteiger partial charge in [0.05, 0.1) is 12.1 Å². The number of hydrogen-bond donors (Lipinski definition) is 1. The van der Waals surface area contributed by atoms with Crippen molar-refractivity contribution < 1.29 is 9.53 Å². The maximum Gasteiger partial charge on any atom is 0.239 e. The first-order valence-corrected chi connectivity index (χ1v) is 6.17. The van der Waals surface area contributed by atoms with Gasteiger partial charge in [0.15, 0.2) is 0 Å². The topological polar surface area (TPSA) is 55.6 Å². The molecule has 0 radical (unpaired) electrons. The lowest BCUT2D eigenvalue weighted by Gasteiger charge is -2.34. The highest BCUT2D eigenvalue weighted by Gasteiger charge is 2.28. The molecule has 0 aromatic rings. The third-order valence-corrected chi connectivity index (χ3v) is 3.57. The molecule has 2 N–H and O–H groups in total. The second-order valence-electron chi connectivity index (χ2n) is 4.70. The molecule has 0 aromatic heterocycles. The molecule has 0 aliphatic carbocycles. The van der Waals surface area contributed by atoms with Crippen molar-refractivity contribution in [2.45, 2.75) is 45.3 Å². The van der Waals surface area contributed by atoms with Gasteiger partial charge in [0.2, 0.25) is 5.91 Å². The number of ether oxygens (including phenoxy) is 1. The SMILES string of the molecule is CCC(C)C(N)C(=O)N1CCCC(OC)C1. The van der Waals surface area contributed by atoms with Gasteiger partial charge in [0.25, 0.3) is 0 Å². The van der Waals surface area contributed by atoms with Crippen molar-refractivity contribution in [2.75, 3.05) is 20.2 Å². The first-order chi connectivity index (χ1) is 7.60. The molecule has 94 valence electrons. The van der Waals surface area contributed by atoms with Gasteiger partial charge in [-0.25, -0.2) is 0 Å². The van der Waals surface area contributed by atoms with E-state index >= 15 is 0 Å². The Morgan fingerprint density at radius 3 is 2.88 bits per heavy atom. The third-order valence-electron chi connectivity index (χ3n) is 3.57. The smallest absolute Gasteiger partial charge is 0.239 e. The van der Waals surface area contributed by atoms with Crippen molar-refractivity contribution in [1.82, 2.24) is 4.90 Å². The molecule has 1 rings (SSSR count). The Balaban J connectivity index is 2.52. The monoisotopic (exact) mass is 228 g/mol. The van der Waals surface area contributed by atoms with Crippen molar-refractivity contribution >= 4 is 5.91 Å². The van der Waals surface area contributed by atoms with E-state index in [2.05, 4.69) is 6.92 Å². The zero-order valence-corrected chi connectivity index (χ0v) is 10.6. The van der Waals surface area contributed by atoms with Gasteiger partial charge in [-0.2, -0.15) is 0 Å². The molecule has 1 aliphatic rings. The first kappa shape index (κ1) is 13.5. The minimum absolute atomic E-state index is 0.0797. The number of rotatable bonds is 4. The van der Waals surface area contributed by atoms with E-state index in [-0.39, 0.29) is 24.0 Å². The Morgan fingerprint density at radius 2 is 2.31 bits per heavy atom. The summed E-state index contributed by atoms with van der Waals surface area (Å²) in [6, 6.07) is -0.361. The number of hydrogen-bond acceptors (Lipinski definition) is 3. The van der Waals surface area contributed by atoms with Crippen LogP contribution in [0.3, 0.4) is 0 Å². The molecule has 1 saturated heterocycles. The van der Waals surface area contributed by atoms with Crippen LogP contribution >= 0.6 is 0 Å². The molecule has 4 heteroatoms. The van der Waals surface area contributed by atoms with E-state index in [1.807, 2.05) is 11.8 Å². The molecule has 4 nitrogen and oxygen atoms in total. The largest absolute Gasteiger partial charge is 0.380 e. The highest BCUT2D eigenvalue weighted by atomic mass is 16.5. The maximum absolute atomic E-state index is 12.1. The van der Waals surface area contributed by atoms with Crippen LogP contribution < -0.4 is 5.73 Å². The quantitative estimate of drug-likeness (QED) is 0.781. The van der Waals surface area contributed by atoms with E-state index < -0.39 is 0 Å². The van der Waals surface area contributed by atoms with Gasteiger partial charge in [-0.3, -0.25) is 4.79 Å². The number of likely N-dealkylation sites (tertiary alicyclic amines) is 1. The normalized spacial score (nSPS) is 25.2. The van der Waals surface area contributed by atoms with Crippen molar-refractivity contribution in [3.8, 4) is 0 Å². The molecule has 16 heavy (non-hydrogen) atoms. The predicted molar refractivity (Wildman–Crippen MR) is 64.0 cm³/mol. The molecular weight excluding hydrogens is 204 g/mol. The summed E-state index contributed by atoms with van der Waals surface area (Å²) in [6.07, 6.45) is 3.17. The maximum atomic E-state index is 12.1. The van der Waals surface area contributed by atoms with E-state index in [0.29, 0.717) is 6.54 Å². The summed E-state index contributed by atoms with van der Waals surface area (Å²) in [5.41, 5.74) is 5.96. The Labute approximate surface area is 98.1 Å². The summed E-state index contributed by atoms with van der Waals surface area (Å²) < 4.78 is 5.30. The highest BCUT2D eigenvalue weighted by molar-refractivity contribution is 5.82. The molecule has 1 heterocycles. The van der Waals surface area contributed by atoms with Gasteiger partial charge in [-0.05, 0) is 18.8 Å². The molecule has 1 fully saturated rings. The van der Waals surface area contributed by atoms with Crippen LogP contribution in [0.5, 0.6) is 0 Å². The number of methoxy groups -OCH3 is 1. The van der Waals surface area contributed by atoms with Crippen LogP contribution in [-0.4, -0.2) is 43.2 Å². The van der Waals surface area contributed by atoms with Crippen LogP contribution in [0.15, 0.2) is 0 Å².